The minimum absolute atomic E-state index is 0.119. The van der Waals surface area contributed by atoms with Crippen molar-refractivity contribution in [3.8, 4) is 11.5 Å². The summed E-state index contributed by atoms with van der Waals surface area (Å²) in [7, 11) is -5.97. The second-order valence-electron chi connectivity index (χ2n) is 3.77. The monoisotopic (exact) mass is 313 g/mol. The first-order valence-corrected chi connectivity index (χ1v) is 6.47. The molecule has 0 N–H and O–H groups in total. The molecule has 1 aliphatic heterocycles. The smallest absolute Gasteiger partial charge is 0.493 e. The summed E-state index contributed by atoms with van der Waals surface area (Å²) >= 11 is 0. The number of ether oxygens (including phenoxy) is 1. The van der Waals surface area contributed by atoms with E-state index in [1.165, 1.54) is 0 Å². The molecule has 2 rings (SSSR count). The van der Waals surface area contributed by atoms with E-state index in [0.29, 0.717) is 5.56 Å². The maximum atomic E-state index is 12.2. The van der Waals surface area contributed by atoms with E-state index in [4.69, 9.17) is 4.74 Å². The van der Waals surface area contributed by atoms with Crippen LogP contribution in [0.4, 0.5) is 18.9 Å². The number of nitro benzene ring substituents is 1. The van der Waals surface area contributed by atoms with Gasteiger partial charge in [0.05, 0.1) is 17.6 Å². The summed E-state index contributed by atoms with van der Waals surface area (Å²) in [5.41, 5.74) is -6.25. The first kappa shape index (κ1) is 14.4. The van der Waals surface area contributed by atoms with E-state index in [2.05, 4.69) is 4.18 Å². The third kappa shape index (κ3) is 2.48. The van der Waals surface area contributed by atoms with Crippen LogP contribution in [-0.2, 0) is 16.5 Å². The van der Waals surface area contributed by atoms with Crippen molar-refractivity contribution in [2.24, 2.45) is 0 Å². The van der Waals surface area contributed by atoms with Gasteiger partial charge in [-0.2, -0.15) is 21.6 Å². The minimum Gasteiger partial charge on any atom is -0.493 e. The fourth-order valence-electron chi connectivity index (χ4n) is 1.57. The van der Waals surface area contributed by atoms with Crippen LogP contribution in [0.2, 0.25) is 0 Å². The summed E-state index contributed by atoms with van der Waals surface area (Å²) in [6, 6.07) is 1.70. The number of benzene rings is 1. The van der Waals surface area contributed by atoms with Crippen LogP contribution in [0.3, 0.4) is 0 Å². The molecule has 1 aromatic carbocycles. The van der Waals surface area contributed by atoms with E-state index in [9.17, 15) is 31.7 Å². The molecule has 0 amide bonds. The van der Waals surface area contributed by atoms with Gasteiger partial charge in [0.1, 0.15) is 5.75 Å². The molecule has 0 atom stereocenters. The van der Waals surface area contributed by atoms with Crippen molar-refractivity contribution in [2.75, 3.05) is 6.61 Å². The zero-order valence-electron chi connectivity index (χ0n) is 9.51. The molecule has 1 aliphatic rings. The molecular formula is C9H6F3NO6S. The van der Waals surface area contributed by atoms with Crippen LogP contribution >= 0.6 is 0 Å². The molecule has 110 valence electrons. The number of hydrogen-bond donors (Lipinski definition) is 0. The number of fused-ring (bicyclic) bond motifs is 1. The highest BCUT2D eigenvalue weighted by Gasteiger charge is 2.49. The number of hydrogen-bond acceptors (Lipinski definition) is 6. The van der Waals surface area contributed by atoms with Gasteiger partial charge in [-0.05, 0) is 6.07 Å². The van der Waals surface area contributed by atoms with Crippen LogP contribution in [0.25, 0.3) is 0 Å². The summed E-state index contributed by atoms with van der Waals surface area (Å²) in [6.07, 6.45) is 0.287. The molecular weight excluding hydrogens is 307 g/mol. The van der Waals surface area contributed by atoms with Crippen molar-refractivity contribution in [3.63, 3.8) is 0 Å². The Morgan fingerprint density at radius 2 is 2.00 bits per heavy atom. The number of halogens is 3. The van der Waals surface area contributed by atoms with Gasteiger partial charge in [0.2, 0.25) is 5.75 Å². The van der Waals surface area contributed by atoms with Gasteiger partial charge in [-0.3, -0.25) is 10.1 Å². The van der Waals surface area contributed by atoms with Gasteiger partial charge in [0.25, 0.3) is 0 Å². The molecule has 0 aromatic heterocycles. The lowest BCUT2D eigenvalue weighted by atomic mass is 10.1. The van der Waals surface area contributed by atoms with Gasteiger partial charge in [0, 0.05) is 12.0 Å². The molecule has 0 aliphatic carbocycles. The van der Waals surface area contributed by atoms with Crippen LogP contribution < -0.4 is 8.92 Å². The van der Waals surface area contributed by atoms with Crippen LogP contribution in [0, 0.1) is 10.1 Å². The average Bonchev–Trinajstić information content (AvgIpc) is 2.72. The lowest BCUT2D eigenvalue weighted by Gasteiger charge is -2.10. The number of nitro groups is 1. The van der Waals surface area contributed by atoms with E-state index in [0.717, 1.165) is 12.1 Å². The van der Waals surface area contributed by atoms with Crippen molar-refractivity contribution >= 4 is 15.8 Å². The Morgan fingerprint density at radius 1 is 1.35 bits per heavy atom. The van der Waals surface area contributed by atoms with Crippen LogP contribution in [0.15, 0.2) is 12.1 Å². The lowest BCUT2D eigenvalue weighted by Crippen LogP contribution is -2.28. The summed E-state index contributed by atoms with van der Waals surface area (Å²) in [5.74, 6) is -0.870. The number of alkyl halides is 3. The summed E-state index contributed by atoms with van der Waals surface area (Å²) in [4.78, 5) is 9.70. The first-order valence-electron chi connectivity index (χ1n) is 5.07. The van der Waals surface area contributed by atoms with Crippen LogP contribution in [0.1, 0.15) is 5.56 Å². The standard InChI is InChI=1S/C9H6F3NO6S/c10-9(11,12)20(16,17)19-8-3-5-1-2-18-7(5)4-6(8)13(14)15/h3-4H,1-2H2. The molecule has 0 radical (unpaired) electrons. The number of rotatable bonds is 3. The predicted octanol–water partition coefficient (Wildman–Crippen LogP) is 1.76. The van der Waals surface area contributed by atoms with E-state index in [-0.39, 0.29) is 18.8 Å². The topological polar surface area (TPSA) is 95.7 Å². The van der Waals surface area contributed by atoms with Gasteiger partial charge < -0.3 is 8.92 Å². The molecule has 1 aromatic rings. The van der Waals surface area contributed by atoms with Crippen molar-refractivity contribution < 1.29 is 35.4 Å². The molecule has 0 unspecified atom stereocenters. The molecule has 0 saturated heterocycles. The first-order chi connectivity index (χ1) is 9.12. The minimum atomic E-state index is -5.97. The number of nitrogens with zero attached hydrogens (tertiary/aromatic N) is 1. The fourth-order valence-corrected chi connectivity index (χ4v) is 2.03. The second kappa shape index (κ2) is 4.51. The molecule has 1 heterocycles. The van der Waals surface area contributed by atoms with Gasteiger partial charge in [0.15, 0.2) is 0 Å². The van der Waals surface area contributed by atoms with E-state index in [1.54, 1.807) is 0 Å². The summed E-state index contributed by atoms with van der Waals surface area (Å²) in [5, 5.41) is 10.8. The molecule has 7 nitrogen and oxygen atoms in total. The Labute approximate surface area is 110 Å². The highest BCUT2D eigenvalue weighted by atomic mass is 32.2. The quantitative estimate of drug-likeness (QED) is 0.365. The Kier molecular flexibility index (Phi) is 3.24. The molecule has 11 heteroatoms. The van der Waals surface area contributed by atoms with E-state index >= 15 is 0 Å². The second-order valence-corrected chi connectivity index (χ2v) is 5.30. The lowest BCUT2D eigenvalue weighted by molar-refractivity contribution is -0.385. The van der Waals surface area contributed by atoms with E-state index < -0.39 is 32.0 Å². The molecule has 0 bridgehead atoms. The van der Waals surface area contributed by atoms with Crippen LogP contribution in [-0.4, -0.2) is 25.5 Å². The fraction of sp³-hybridized carbons (Fsp3) is 0.333. The van der Waals surface area contributed by atoms with Gasteiger partial charge in [-0.1, -0.05) is 0 Å². The predicted molar refractivity (Wildman–Crippen MR) is 57.9 cm³/mol. The van der Waals surface area contributed by atoms with Crippen molar-refractivity contribution in [3.05, 3.63) is 27.8 Å². The van der Waals surface area contributed by atoms with Gasteiger partial charge in [-0.15, -0.1) is 0 Å². The highest BCUT2D eigenvalue weighted by Crippen LogP contribution is 2.39. The third-order valence-corrected chi connectivity index (χ3v) is 3.42. The van der Waals surface area contributed by atoms with Crippen LogP contribution in [0.5, 0.6) is 11.5 Å². The van der Waals surface area contributed by atoms with Gasteiger partial charge in [-0.25, -0.2) is 0 Å². The van der Waals surface area contributed by atoms with Gasteiger partial charge >= 0.3 is 21.3 Å². The molecule has 20 heavy (non-hydrogen) atoms. The van der Waals surface area contributed by atoms with Crippen molar-refractivity contribution in [1.82, 2.24) is 0 Å². The van der Waals surface area contributed by atoms with E-state index in [1.807, 2.05) is 0 Å². The Balaban J connectivity index is 2.49. The Morgan fingerprint density at radius 3 is 2.55 bits per heavy atom. The average molecular weight is 313 g/mol. The normalized spacial score (nSPS) is 14.6. The largest absolute Gasteiger partial charge is 0.534 e. The zero-order chi connectivity index (χ0) is 15.1. The maximum absolute atomic E-state index is 12.2. The Bertz CT molecular complexity index is 669. The SMILES string of the molecule is O=[N+]([O-])c1cc2c(cc1OS(=O)(=O)C(F)(F)F)CCO2. The maximum Gasteiger partial charge on any atom is 0.534 e. The molecule has 0 saturated carbocycles. The summed E-state index contributed by atoms with van der Waals surface area (Å²) < 4.78 is 67.3. The summed E-state index contributed by atoms with van der Waals surface area (Å²) in [6.45, 7) is 0.196. The Hall–Kier alpha value is -2.04. The van der Waals surface area contributed by atoms with Crippen molar-refractivity contribution in [2.45, 2.75) is 11.9 Å². The molecule has 0 fully saturated rings. The molecule has 0 spiro atoms. The highest BCUT2D eigenvalue weighted by molar-refractivity contribution is 7.88. The third-order valence-electron chi connectivity index (χ3n) is 2.45. The zero-order valence-corrected chi connectivity index (χ0v) is 10.3. The van der Waals surface area contributed by atoms with Crippen molar-refractivity contribution in [1.29, 1.82) is 0 Å².